The molecular formula is C20H22N2O5. The molecule has 0 saturated carbocycles. The van der Waals surface area contributed by atoms with Gasteiger partial charge in [0.2, 0.25) is 0 Å². The van der Waals surface area contributed by atoms with Crippen LogP contribution < -0.4 is 19.9 Å². The van der Waals surface area contributed by atoms with E-state index in [1.54, 1.807) is 29.2 Å². The molecule has 0 aromatic heterocycles. The Bertz CT molecular complexity index is 824. The zero-order chi connectivity index (χ0) is 19.2. The number of amides is 2. The lowest BCUT2D eigenvalue weighted by atomic mass is 10.2. The maximum atomic E-state index is 12.5. The average Bonchev–Trinajstić information content (AvgIpc) is 2.70. The van der Waals surface area contributed by atoms with Crippen LogP contribution in [0.2, 0.25) is 0 Å². The smallest absolute Gasteiger partial charge is 0.260 e. The first-order valence-corrected chi connectivity index (χ1v) is 8.76. The van der Waals surface area contributed by atoms with Crippen LogP contribution in [0.15, 0.2) is 48.5 Å². The monoisotopic (exact) mass is 370 g/mol. The van der Waals surface area contributed by atoms with Gasteiger partial charge in [-0.1, -0.05) is 24.3 Å². The normalized spacial score (nSPS) is 15.1. The van der Waals surface area contributed by atoms with Gasteiger partial charge < -0.3 is 24.8 Å². The van der Waals surface area contributed by atoms with Gasteiger partial charge in [0.25, 0.3) is 11.8 Å². The van der Waals surface area contributed by atoms with Crippen LogP contribution in [0, 0.1) is 0 Å². The number of hydrogen-bond acceptors (Lipinski definition) is 5. The lowest BCUT2D eigenvalue weighted by Gasteiger charge is -2.30. The molecule has 2 aromatic rings. The van der Waals surface area contributed by atoms with Gasteiger partial charge >= 0.3 is 0 Å². The molecule has 3 rings (SSSR count). The summed E-state index contributed by atoms with van der Waals surface area (Å²) in [6.45, 7) is 2.94. The number of carbonyl (C=O) groups excluding carboxylic acids is 2. The number of ether oxygens (including phenoxy) is 3. The molecule has 0 spiro atoms. The highest BCUT2D eigenvalue weighted by Gasteiger charge is 2.25. The summed E-state index contributed by atoms with van der Waals surface area (Å²) in [5, 5.41) is 0. The molecule has 142 valence electrons. The quantitative estimate of drug-likeness (QED) is 0.803. The van der Waals surface area contributed by atoms with E-state index in [4.69, 9.17) is 19.9 Å². The third kappa shape index (κ3) is 4.49. The Morgan fingerprint density at radius 2 is 1.85 bits per heavy atom. The largest absolute Gasteiger partial charge is 0.486 e. The van der Waals surface area contributed by atoms with Crippen molar-refractivity contribution in [3.05, 3.63) is 54.1 Å². The summed E-state index contributed by atoms with van der Waals surface area (Å²) < 4.78 is 17.1. The Kier molecular flexibility index (Phi) is 5.80. The minimum Gasteiger partial charge on any atom is -0.486 e. The first-order valence-electron chi connectivity index (χ1n) is 8.76. The van der Waals surface area contributed by atoms with Crippen LogP contribution in [0.5, 0.6) is 17.2 Å². The Hall–Kier alpha value is -3.22. The maximum Gasteiger partial charge on any atom is 0.260 e. The standard InChI is InChI=1S/C20H22N2O5/c1-2-22(11-14-12-25-17-9-5-6-10-18(17)27-14)19(23)13-26-16-8-4-3-7-15(16)20(21)24/h3-10,14H,2,11-13H2,1H3,(H2,21,24). The molecule has 1 atom stereocenters. The van der Waals surface area contributed by atoms with Gasteiger partial charge in [0, 0.05) is 6.54 Å². The molecule has 1 unspecified atom stereocenters. The second-order valence-electron chi connectivity index (χ2n) is 6.08. The highest BCUT2D eigenvalue weighted by molar-refractivity contribution is 5.95. The van der Waals surface area contributed by atoms with Crippen LogP contribution in [-0.4, -0.2) is 49.1 Å². The predicted molar refractivity (Wildman–Crippen MR) is 99.1 cm³/mol. The van der Waals surface area contributed by atoms with Gasteiger partial charge in [-0.2, -0.15) is 0 Å². The van der Waals surface area contributed by atoms with E-state index in [1.807, 2.05) is 31.2 Å². The lowest BCUT2D eigenvalue weighted by molar-refractivity contribution is -0.134. The molecule has 0 fully saturated rings. The van der Waals surface area contributed by atoms with Gasteiger partial charge in [0.05, 0.1) is 12.1 Å². The second kappa shape index (κ2) is 8.44. The summed E-state index contributed by atoms with van der Waals surface area (Å²) in [5.41, 5.74) is 5.57. The topological polar surface area (TPSA) is 91.1 Å². The molecule has 1 heterocycles. The van der Waals surface area contributed by atoms with E-state index in [-0.39, 0.29) is 24.2 Å². The number of rotatable bonds is 7. The molecule has 7 heteroatoms. The number of nitrogens with two attached hydrogens (primary N) is 1. The molecule has 0 aliphatic carbocycles. The fourth-order valence-corrected chi connectivity index (χ4v) is 2.83. The number of likely N-dealkylation sites (N-methyl/N-ethyl adjacent to an activating group) is 1. The predicted octanol–water partition coefficient (Wildman–Crippen LogP) is 1.85. The second-order valence-corrected chi connectivity index (χ2v) is 6.08. The van der Waals surface area contributed by atoms with E-state index >= 15 is 0 Å². The minimum atomic E-state index is -0.600. The summed E-state index contributed by atoms with van der Waals surface area (Å²) in [6.07, 6.45) is -0.262. The molecule has 1 aliphatic heterocycles. The summed E-state index contributed by atoms with van der Waals surface area (Å²) in [4.78, 5) is 25.6. The average molecular weight is 370 g/mol. The molecule has 1 aliphatic rings. The van der Waals surface area contributed by atoms with Crippen LogP contribution in [0.25, 0.3) is 0 Å². The van der Waals surface area contributed by atoms with Crippen molar-refractivity contribution >= 4 is 11.8 Å². The van der Waals surface area contributed by atoms with Gasteiger partial charge in [-0.05, 0) is 31.2 Å². The SMILES string of the molecule is CCN(CC1COc2ccccc2O1)C(=O)COc1ccccc1C(N)=O. The molecule has 0 bridgehead atoms. The van der Waals surface area contributed by atoms with Crippen molar-refractivity contribution in [3.8, 4) is 17.2 Å². The number of para-hydroxylation sites is 3. The van der Waals surface area contributed by atoms with Crippen LogP contribution in [0.3, 0.4) is 0 Å². The number of primary amides is 1. The molecule has 0 saturated heterocycles. The van der Waals surface area contributed by atoms with E-state index in [9.17, 15) is 9.59 Å². The Balaban J connectivity index is 1.58. The molecular weight excluding hydrogens is 348 g/mol. The Morgan fingerprint density at radius 3 is 2.59 bits per heavy atom. The molecule has 27 heavy (non-hydrogen) atoms. The van der Waals surface area contributed by atoms with Gasteiger partial charge in [0.1, 0.15) is 12.4 Å². The zero-order valence-electron chi connectivity index (χ0n) is 15.1. The molecule has 2 N–H and O–H groups in total. The molecule has 7 nitrogen and oxygen atoms in total. The number of benzene rings is 2. The third-order valence-corrected chi connectivity index (χ3v) is 4.23. The Morgan fingerprint density at radius 1 is 1.15 bits per heavy atom. The highest BCUT2D eigenvalue weighted by atomic mass is 16.6. The molecule has 2 amide bonds. The summed E-state index contributed by atoms with van der Waals surface area (Å²) >= 11 is 0. The van der Waals surface area contributed by atoms with Gasteiger partial charge in [-0.3, -0.25) is 9.59 Å². The zero-order valence-corrected chi connectivity index (χ0v) is 15.1. The van der Waals surface area contributed by atoms with Gasteiger partial charge in [0.15, 0.2) is 24.2 Å². The van der Waals surface area contributed by atoms with Crippen LogP contribution in [-0.2, 0) is 4.79 Å². The number of hydrogen-bond donors (Lipinski definition) is 1. The lowest BCUT2D eigenvalue weighted by Crippen LogP contribution is -2.45. The first kappa shape index (κ1) is 18.6. The first-order chi connectivity index (χ1) is 13.1. The van der Waals surface area contributed by atoms with Gasteiger partial charge in [-0.25, -0.2) is 0 Å². The molecule has 2 aromatic carbocycles. The fourth-order valence-electron chi connectivity index (χ4n) is 2.83. The van der Waals surface area contributed by atoms with Crippen molar-refractivity contribution in [2.24, 2.45) is 5.73 Å². The number of carbonyl (C=O) groups is 2. The van der Waals surface area contributed by atoms with E-state index in [0.717, 1.165) is 0 Å². The number of nitrogens with zero attached hydrogens (tertiary/aromatic N) is 1. The van der Waals surface area contributed by atoms with Gasteiger partial charge in [-0.15, -0.1) is 0 Å². The van der Waals surface area contributed by atoms with Crippen molar-refractivity contribution in [1.29, 1.82) is 0 Å². The van der Waals surface area contributed by atoms with E-state index in [0.29, 0.717) is 36.9 Å². The van der Waals surface area contributed by atoms with E-state index in [1.165, 1.54) is 0 Å². The van der Waals surface area contributed by atoms with Crippen molar-refractivity contribution in [2.45, 2.75) is 13.0 Å². The van der Waals surface area contributed by atoms with Crippen molar-refractivity contribution < 1.29 is 23.8 Å². The fraction of sp³-hybridized carbons (Fsp3) is 0.300. The van der Waals surface area contributed by atoms with Crippen LogP contribution >= 0.6 is 0 Å². The highest BCUT2D eigenvalue weighted by Crippen LogP contribution is 2.31. The summed E-state index contributed by atoms with van der Waals surface area (Å²) in [6, 6.07) is 14.0. The molecule has 0 radical (unpaired) electrons. The van der Waals surface area contributed by atoms with Crippen molar-refractivity contribution in [1.82, 2.24) is 4.90 Å². The van der Waals surface area contributed by atoms with Crippen LogP contribution in [0.4, 0.5) is 0 Å². The minimum absolute atomic E-state index is 0.192. The van der Waals surface area contributed by atoms with Crippen LogP contribution in [0.1, 0.15) is 17.3 Å². The number of fused-ring (bicyclic) bond motifs is 1. The van der Waals surface area contributed by atoms with E-state index < -0.39 is 5.91 Å². The summed E-state index contributed by atoms with van der Waals surface area (Å²) in [5.74, 6) is 0.857. The van der Waals surface area contributed by atoms with Crippen molar-refractivity contribution in [3.63, 3.8) is 0 Å². The summed E-state index contributed by atoms with van der Waals surface area (Å²) in [7, 11) is 0. The maximum absolute atomic E-state index is 12.5. The third-order valence-electron chi connectivity index (χ3n) is 4.23. The van der Waals surface area contributed by atoms with E-state index in [2.05, 4.69) is 0 Å². The van der Waals surface area contributed by atoms with Crippen molar-refractivity contribution in [2.75, 3.05) is 26.3 Å². The Labute approximate surface area is 157 Å².